The zero-order valence-electron chi connectivity index (χ0n) is 19.6. The Hall–Kier alpha value is -3.12. The van der Waals surface area contributed by atoms with Crippen molar-refractivity contribution in [2.45, 2.75) is 47.0 Å². The molecule has 0 N–H and O–H groups in total. The van der Waals surface area contributed by atoms with Gasteiger partial charge in [0.05, 0.1) is 0 Å². The summed E-state index contributed by atoms with van der Waals surface area (Å²) in [6.45, 7) is 12.7. The highest BCUT2D eigenvalue weighted by molar-refractivity contribution is 6.12. The second-order valence-electron chi connectivity index (χ2n) is 8.24. The van der Waals surface area contributed by atoms with Crippen LogP contribution in [0.25, 0.3) is 43.4 Å². The Bertz CT molecular complexity index is 1380. The van der Waals surface area contributed by atoms with E-state index >= 15 is 0 Å². The molecule has 5 aromatic rings. The average Bonchev–Trinajstić information content (AvgIpc) is 2.84. The second-order valence-corrected chi connectivity index (χ2v) is 8.24. The highest BCUT2D eigenvalue weighted by Crippen LogP contribution is 2.49. The first-order chi connectivity index (χ1) is 15.1. The SMILES string of the molecule is CC.CC.CC1(C)c2cc3ccc4ccccc4c3cc2-c2cccc3cccc1c23. The quantitative estimate of drug-likeness (QED) is 0.225. The zero-order chi connectivity index (χ0) is 22.2. The first kappa shape index (κ1) is 21.1. The molecule has 0 radical (unpaired) electrons. The van der Waals surface area contributed by atoms with Gasteiger partial charge in [-0.25, -0.2) is 0 Å². The van der Waals surface area contributed by atoms with Crippen LogP contribution < -0.4 is 0 Å². The van der Waals surface area contributed by atoms with Crippen molar-refractivity contribution in [2.24, 2.45) is 0 Å². The molecule has 0 heteroatoms. The fourth-order valence-corrected chi connectivity index (χ4v) is 5.03. The normalized spacial score (nSPS) is 13.1. The van der Waals surface area contributed by atoms with Crippen LogP contribution in [0.15, 0.2) is 84.9 Å². The third-order valence-electron chi connectivity index (χ3n) is 6.42. The minimum atomic E-state index is -0.0109. The van der Waals surface area contributed by atoms with Gasteiger partial charge in [-0.2, -0.15) is 0 Å². The van der Waals surface area contributed by atoms with E-state index in [0.29, 0.717) is 0 Å². The van der Waals surface area contributed by atoms with Crippen molar-refractivity contribution >= 4 is 32.3 Å². The number of fused-ring (bicyclic) bond motifs is 5. The van der Waals surface area contributed by atoms with Crippen molar-refractivity contribution in [3.63, 3.8) is 0 Å². The van der Waals surface area contributed by atoms with Gasteiger partial charge in [-0.05, 0) is 66.7 Å². The summed E-state index contributed by atoms with van der Waals surface area (Å²) < 4.78 is 0. The summed E-state index contributed by atoms with van der Waals surface area (Å²) in [6.07, 6.45) is 0. The summed E-state index contributed by atoms with van der Waals surface area (Å²) in [5.41, 5.74) is 5.60. The molecule has 0 bridgehead atoms. The number of rotatable bonds is 0. The Morgan fingerprint density at radius 3 is 1.90 bits per heavy atom. The van der Waals surface area contributed by atoms with E-state index in [2.05, 4.69) is 98.8 Å². The summed E-state index contributed by atoms with van der Waals surface area (Å²) in [5.74, 6) is 0. The summed E-state index contributed by atoms with van der Waals surface area (Å²) in [7, 11) is 0. The molecule has 5 aromatic carbocycles. The first-order valence-corrected chi connectivity index (χ1v) is 11.6. The van der Waals surface area contributed by atoms with Gasteiger partial charge in [-0.3, -0.25) is 0 Å². The summed E-state index contributed by atoms with van der Waals surface area (Å²) in [6, 6.07) is 31.5. The van der Waals surface area contributed by atoms with Crippen molar-refractivity contribution in [2.75, 3.05) is 0 Å². The maximum Gasteiger partial charge on any atom is 0.0159 e. The lowest BCUT2D eigenvalue weighted by Gasteiger charge is -2.35. The molecule has 156 valence electrons. The van der Waals surface area contributed by atoms with Crippen molar-refractivity contribution in [3.05, 3.63) is 96.1 Å². The van der Waals surface area contributed by atoms with E-state index in [1.165, 1.54) is 54.6 Å². The molecule has 0 saturated heterocycles. The molecule has 0 saturated carbocycles. The highest BCUT2D eigenvalue weighted by atomic mass is 14.4. The Labute approximate surface area is 186 Å². The molecule has 0 aliphatic heterocycles. The Morgan fingerprint density at radius 1 is 0.484 bits per heavy atom. The third-order valence-corrected chi connectivity index (χ3v) is 6.42. The molecule has 6 rings (SSSR count). The Morgan fingerprint density at radius 2 is 1.13 bits per heavy atom. The van der Waals surface area contributed by atoms with Gasteiger partial charge in [0.15, 0.2) is 0 Å². The molecule has 0 aromatic heterocycles. The van der Waals surface area contributed by atoms with E-state index in [0.717, 1.165) is 0 Å². The van der Waals surface area contributed by atoms with Crippen LogP contribution in [-0.4, -0.2) is 0 Å². The lowest BCUT2D eigenvalue weighted by atomic mass is 9.68. The predicted molar refractivity (Wildman–Crippen MR) is 139 cm³/mol. The molecule has 0 unspecified atom stereocenters. The van der Waals surface area contributed by atoms with E-state index in [1.807, 2.05) is 27.7 Å². The van der Waals surface area contributed by atoms with E-state index in [-0.39, 0.29) is 5.41 Å². The Balaban J connectivity index is 0.000000549. The molecule has 1 aliphatic rings. The minimum absolute atomic E-state index is 0.0109. The third kappa shape index (κ3) is 3.13. The fourth-order valence-electron chi connectivity index (χ4n) is 5.03. The largest absolute Gasteiger partial charge is 0.0683 e. The Kier molecular flexibility index (Phi) is 5.58. The molecule has 0 atom stereocenters. The van der Waals surface area contributed by atoms with Gasteiger partial charge in [0.25, 0.3) is 0 Å². The number of hydrogen-bond donors (Lipinski definition) is 0. The van der Waals surface area contributed by atoms with E-state index < -0.39 is 0 Å². The molecule has 0 heterocycles. The van der Waals surface area contributed by atoms with E-state index in [4.69, 9.17) is 0 Å². The van der Waals surface area contributed by atoms with Crippen molar-refractivity contribution in [3.8, 4) is 11.1 Å². The van der Waals surface area contributed by atoms with Crippen LogP contribution in [0.5, 0.6) is 0 Å². The molecule has 0 fully saturated rings. The summed E-state index contributed by atoms with van der Waals surface area (Å²) in [5, 5.41) is 8.06. The summed E-state index contributed by atoms with van der Waals surface area (Å²) >= 11 is 0. The van der Waals surface area contributed by atoms with Crippen LogP contribution in [0.3, 0.4) is 0 Å². The topological polar surface area (TPSA) is 0 Å². The highest BCUT2D eigenvalue weighted by Gasteiger charge is 2.33. The molecule has 1 aliphatic carbocycles. The fraction of sp³-hybridized carbons (Fsp3) is 0.226. The molecular formula is C31H32. The van der Waals surface area contributed by atoms with Crippen LogP contribution >= 0.6 is 0 Å². The van der Waals surface area contributed by atoms with Gasteiger partial charge in [0.1, 0.15) is 0 Å². The van der Waals surface area contributed by atoms with Gasteiger partial charge in [0.2, 0.25) is 0 Å². The van der Waals surface area contributed by atoms with Gasteiger partial charge >= 0.3 is 0 Å². The van der Waals surface area contributed by atoms with Crippen LogP contribution in [0, 0.1) is 0 Å². The average molecular weight is 405 g/mol. The molecular weight excluding hydrogens is 372 g/mol. The molecule has 0 nitrogen and oxygen atoms in total. The van der Waals surface area contributed by atoms with Crippen LogP contribution in [0.2, 0.25) is 0 Å². The maximum atomic E-state index is 2.43. The van der Waals surface area contributed by atoms with Crippen molar-refractivity contribution < 1.29 is 0 Å². The molecule has 0 spiro atoms. The standard InChI is InChI=1S/C27H20.2C2H6/c1-27(2)24-12-6-9-18-8-5-11-21(26(18)24)23-16-22-19(15-25(23)27)14-13-17-7-3-4-10-20(17)22;2*1-2/h3-16H,1-2H3;2*1-2H3. The lowest BCUT2D eigenvalue weighted by Crippen LogP contribution is -2.23. The molecule has 0 amide bonds. The smallest absolute Gasteiger partial charge is 0.0159 e. The summed E-state index contributed by atoms with van der Waals surface area (Å²) in [4.78, 5) is 0. The van der Waals surface area contributed by atoms with Crippen LogP contribution in [-0.2, 0) is 5.41 Å². The number of hydrogen-bond acceptors (Lipinski definition) is 0. The van der Waals surface area contributed by atoms with Crippen LogP contribution in [0.4, 0.5) is 0 Å². The van der Waals surface area contributed by atoms with Crippen LogP contribution in [0.1, 0.15) is 52.7 Å². The molecule has 31 heavy (non-hydrogen) atoms. The zero-order valence-corrected chi connectivity index (χ0v) is 19.6. The van der Waals surface area contributed by atoms with E-state index in [9.17, 15) is 0 Å². The van der Waals surface area contributed by atoms with Gasteiger partial charge in [-0.15, -0.1) is 0 Å². The van der Waals surface area contributed by atoms with Gasteiger partial charge in [0, 0.05) is 5.41 Å². The second kappa shape index (κ2) is 8.19. The van der Waals surface area contributed by atoms with Crippen molar-refractivity contribution in [1.82, 2.24) is 0 Å². The number of benzene rings is 5. The predicted octanol–water partition coefficient (Wildman–Crippen LogP) is 9.50. The van der Waals surface area contributed by atoms with Crippen molar-refractivity contribution in [1.29, 1.82) is 0 Å². The monoisotopic (exact) mass is 404 g/mol. The maximum absolute atomic E-state index is 2.43. The first-order valence-electron chi connectivity index (χ1n) is 11.6. The van der Waals surface area contributed by atoms with Gasteiger partial charge < -0.3 is 0 Å². The van der Waals surface area contributed by atoms with E-state index in [1.54, 1.807) is 0 Å². The van der Waals surface area contributed by atoms with Gasteiger partial charge in [-0.1, -0.05) is 114 Å². The minimum Gasteiger partial charge on any atom is -0.0683 e. The lowest BCUT2D eigenvalue weighted by molar-refractivity contribution is 0.646.